The average Bonchev–Trinajstić information content (AvgIpc) is 2.87. The normalized spacial score (nSPS) is 10.8. The van der Waals surface area contributed by atoms with Crippen molar-refractivity contribution in [2.45, 2.75) is 19.8 Å². The van der Waals surface area contributed by atoms with Crippen molar-refractivity contribution in [1.29, 1.82) is 0 Å². The van der Waals surface area contributed by atoms with Gasteiger partial charge in [0.15, 0.2) is 11.5 Å². The molecule has 0 aliphatic rings. The molecule has 106 valence electrons. The lowest BCUT2D eigenvalue weighted by Gasteiger charge is -2.15. The van der Waals surface area contributed by atoms with Crippen LogP contribution in [0, 0.1) is 0 Å². The van der Waals surface area contributed by atoms with Crippen molar-refractivity contribution in [3.05, 3.63) is 29.5 Å². The standard InChI is InChI=1S/C14H16N2O4/c1-7(2)8-4-5-11(20-3)13(17)12(8)9-6-10(14(18)19)16-15-9/h4-7,17H,1-3H3,(H,15,16)(H,18,19). The van der Waals surface area contributed by atoms with E-state index in [1.165, 1.54) is 13.2 Å². The molecule has 1 aromatic carbocycles. The molecule has 0 spiro atoms. The molecule has 2 aromatic rings. The highest BCUT2D eigenvalue weighted by atomic mass is 16.5. The van der Waals surface area contributed by atoms with Gasteiger partial charge in [0.25, 0.3) is 0 Å². The van der Waals surface area contributed by atoms with Gasteiger partial charge in [0.05, 0.1) is 18.4 Å². The van der Waals surface area contributed by atoms with Crippen LogP contribution in [0.1, 0.15) is 35.8 Å². The molecule has 1 aromatic heterocycles. The van der Waals surface area contributed by atoms with Crippen LogP contribution in [-0.2, 0) is 0 Å². The van der Waals surface area contributed by atoms with Gasteiger partial charge in [0.1, 0.15) is 5.69 Å². The van der Waals surface area contributed by atoms with Crippen LogP contribution in [0.2, 0.25) is 0 Å². The molecule has 3 N–H and O–H groups in total. The van der Waals surface area contributed by atoms with Gasteiger partial charge in [-0.05, 0) is 23.6 Å². The molecule has 6 nitrogen and oxygen atoms in total. The van der Waals surface area contributed by atoms with Crippen LogP contribution in [0.25, 0.3) is 11.3 Å². The quantitative estimate of drug-likeness (QED) is 0.797. The van der Waals surface area contributed by atoms with Gasteiger partial charge >= 0.3 is 5.97 Å². The lowest BCUT2D eigenvalue weighted by molar-refractivity contribution is 0.0690. The highest BCUT2D eigenvalue weighted by Gasteiger charge is 2.20. The predicted octanol–water partition coefficient (Wildman–Crippen LogP) is 2.61. The molecule has 0 saturated heterocycles. The highest BCUT2D eigenvalue weighted by Crippen LogP contribution is 2.41. The zero-order valence-corrected chi connectivity index (χ0v) is 11.5. The van der Waals surface area contributed by atoms with E-state index >= 15 is 0 Å². The number of methoxy groups -OCH3 is 1. The maximum absolute atomic E-state index is 10.9. The van der Waals surface area contributed by atoms with Crippen LogP contribution >= 0.6 is 0 Å². The molecule has 0 amide bonds. The number of nitrogens with zero attached hydrogens (tertiary/aromatic N) is 1. The number of aromatic nitrogens is 2. The van der Waals surface area contributed by atoms with Crippen molar-refractivity contribution in [2.24, 2.45) is 0 Å². The van der Waals surface area contributed by atoms with E-state index in [9.17, 15) is 9.90 Å². The molecular weight excluding hydrogens is 260 g/mol. The Morgan fingerprint density at radius 3 is 2.60 bits per heavy atom. The van der Waals surface area contributed by atoms with Gasteiger partial charge in [0.2, 0.25) is 0 Å². The van der Waals surface area contributed by atoms with Crippen LogP contribution in [-0.4, -0.2) is 33.5 Å². The topological polar surface area (TPSA) is 95.4 Å². The summed E-state index contributed by atoms with van der Waals surface area (Å²) in [6.07, 6.45) is 0. The number of aromatic carboxylic acids is 1. The largest absolute Gasteiger partial charge is 0.504 e. The van der Waals surface area contributed by atoms with Gasteiger partial charge in [-0.25, -0.2) is 4.79 Å². The fourth-order valence-electron chi connectivity index (χ4n) is 2.06. The molecule has 6 heteroatoms. The van der Waals surface area contributed by atoms with Gasteiger partial charge in [0, 0.05) is 0 Å². The number of hydrogen-bond donors (Lipinski definition) is 3. The number of benzene rings is 1. The molecule has 0 atom stereocenters. The minimum atomic E-state index is -1.10. The number of carboxylic acids is 1. The number of H-pyrrole nitrogens is 1. The second kappa shape index (κ2) is 5.24. The van der Waals surface area contributed by atoms with E-state index in [1.54, 1.807) is 6.07 Å². The summed E-state index contributed by atoms with van der Waals surface area (Å²) in [4.78, 5) is 10.9. The summed E-state index contributed by atoms with van der Waals surface area (Å²) in [6.45, 7) is 3.96. The number of hydrogen-bond acceptors (Lipinski definition) is 4. The number of ether oxygens (including phenoxy) is 1. The van der Waals surface area contributed by atoms with Crippen molar-refractivity contribution in [1.82, 2.24) is 10.2 Å². The molecule has 2 rings (SSSR count). The number of phenols is 1. The lowest BCUT2D eigenvalue weighted by atomic mass is 9.94. The Balaban J connectivity index is 2.65. The van der Waals surface area contributed by atoms with Crippen LogP contribution < -0.4 is 4.74 Å². The Morgan fingerprint density at radius 2 is 2.10 bits per heavy atom. The third kappa shape index (κ3) is 2.32. The fourth-order valence-corrected chi connectivity index (χ4v) is 2.06. The molecule has 1 heterocycles. The van der Waals surface area contributed by atoms with Crippen molar-refractivity contribution in [3.8, 4) is 22.8 Å². The first-order valence-corrected chi connectivity index (χ1v) is 6.14. The van der Waals surface area contributed by atoms with Crippen LogP contribution in [0.15, 0.2) is 18.2 Å². The summed E-state index contributed by atoms with van der Waals surface area (Å²) in [7, 11) is 1.46. The Hall–Kier alpha value is -2.50. The van der Waals surface area contributed by atoms with E-state index < -0.39 is 5.97 Å². The van der Waals surface area contributed by atoms with E-state index in [0.717, 1.165) is 5.56 Å². The van der Waals surface area contributed by atoms with Crippen molar-refractivity contribution in [3.63, 3.8) is 0 Å². The number of carboxylic acid groups (broad SMARTS) is 1. The second-order valence-electron chi connectivity index (χ2n) is 4.71. The number of aromatic amines is 1. The first-order chi connectivity index (χ1) is 9.45. The molecule has 0 fully saturated rings. The number of rotatable bonds is 4. The van der Waals surface area contributed by atoms with Crippen LogP contribution in [0.5, 0.6) is 11.5 Å². The fraction of sp³-hybridized carbons (Fsp3) is 0.286. The van der Waals surface area contributed by atoms with E-state index in [1.807, 2.05) is 19.9 Å². The van der Waals surface area contributed by atoms with Crippen LogP contribution in [0.4, 0.5) is 0 Å². The number of phenolic OH excluding ortho intramolecular Hbond substituents is 1. The molecule has 0 radical (unpaired) electrons. The molecule has 0 saturated carbocycles. The zero-order valence-electron chi connectivity index (χ0n) is 11.5. The van der Waals surface area contributed by atoms with E-state index in [0.29, 0.717) is 17.0 Å². The molecule has 0 unspecified atom stereocenters. The molecule has 0 aliphatic heterocycles. The predicted molar refractivity (Wildman–Crippen MR) is 73.3 cm³/mol. The molecule has 0 aliphatic carbocycles. The summed E-state index contributed by atoms with van der Waals surface area (Å²) >= 11 is 0. The number of aromatic hydroxyl groups is 1. The summed E-state index contributed by atoms with van der Waals surface area (Å²) in [5.74, 6) is -0.671. The van der Waals surface area contributed by atoms with Gasteiger partial charge in [-0.2, -0.15) is 5.10 Å². The Morgan fingerprint density at radius 1 is 1.40 bits per heavy atom. The van der Waals surface area contributed by atoms with Gasteiger partial charge in [-0.3, -0.25) is 5.10 Å². The van der Waals surface area contributed by atoms with Crippen molar-refractivity contribution in [2.75, 3.05) is 7.11 Å². The smallest absolute Gasteiger partial charge is 0.353 e. The number of carbonyl (C=O) groups is 1. The highest BCUT2D eigenvalue weighted by molar-refractivity contribution is 5.88. The molecular formula is C14H16N2O4. The van der Waals surface area contributed by atoms with E-state index in [-0.39, 0.29) is 17.4 Å². The van der Waals surface area contributed by atoms with Gasteiger partial charge in [-0.1, -0.05) is 19.9 Å². The summed E-state index contributed by atoms with van der Waals surface area (Å²) in [6, 6.07) is 4.91. The maximum Gasteiger partial charge on any atom is 0.353 e. The average molecular weight is 276 g/mol. The van der Waals surface area contributed by atoms with Crippen molar-refractivity contribution < 1.29 is 19.7 Å². The molecule has 20 heavy (non-hydrogen) atoms. The van der Waals surface area contributed by atoms with Gasteiger partial charge in [-0.15, -0.1) is 0 Å². The third-order valence-corrected chi connectivity index (χ3v) is 3.08. The molecule has 0 bridgehead atoms. The summed E-state index contributed by atoms with van der Waals surface area (Å²) in [5.41, 5.74) is 1.70. The Labute approximate surface area is 116 Å². The summed E-state index contributed by atoms with van der Waals surface area (Å²) in [5, 5.41) is 25.6. The zero-order chi connectivity index (χ0) is 14.9. The minimum Gasteiger partial charge on any atom is -0.504 e. The lowest BCUT2D eigenvalue weighted by Crippen LogP contribution is -1.96. The second-order valence-corrected chi connectivity index (χ2v) is 4.71. The number of nitrogens with one attached hydrogen (secondary N) is 1. The Bertz CT molecular complexity index is 647. The van der Waals surface area contributed by atoms with E-state index in [2.05, 4.69) is 10.2 Å². The first kappa shape index (κ1) is 13.9. The maximum atomic E-state index is 10.9. The minimum absolute atomic E-state index is 0.0306. The summed E-state index contributed by atoms with van der Waals surface area (Å²) < 4.78 is 5.09. The third-order valence-electron chi connectivity index (χ3n) is 3.08. The van der Waals surface area contributed by atoms with Gasteiger partial charge < -0.3 is 14.9 Å². The van der Waals surface area contributed by atoms with E-state index in [4.69, 9.17) is 9.84 Å². The first-order valence-electron chi connectivity index (χ1n) is 6.14. The van der Waals surface area contributed by atoms with Crippen molar-refractivity contribution >= 4 is 5.97 Å². The SMILES string of the molecule is COc1ccc(C(C)C)c(-c2cc(C(=O)O)[nH]n2)c1O. The Kier molecular flexibility index (Phi) is 3.65. The monoisotopic (exact) mass is 276 g/mol. The van der Waals surface area contributed by atoms with Crippen LogP contribution in [0.3, 0.4) is 0 Å².